The minimum absolute atomic E-state index is 0.153. The molecule has 0 saturated carbocycles. The van der Waals surface area contributed by atoms with Gasteiger partial charge in [-0.05, 0) is 31.5 Å². The van der Waals surface area contributed by atoms with Crippen LogP contribution in [0.1, 0.15) is 21.7 Å². The molecule has 1 aromatic heterocycles. The van der Waals surface area contributed by atoms with Crippen LogP contribution in [0, 0.1) is 13.8 Å². The predicted molar refractivity (Wildman–Crippen MR) is 86.0 cm³/mol. The molecule has 0 bridgehead atoms. The van der Waals surface area contributed by atoms with Crippen molar-refractivity contribution in [2.24, 2.45) is 0 Å². The van der Waals surface area contributed by atoms with Crippen molar-refractivity contribution in [2.45, 2.75) is 13.8 Å². The summed E-state index contributed by atoms with van der Waals surface area (Å²) in [6, 6.07) is 5.94. The van der Waals surface area contributed by atoms with E-state index in [4.69, 9.17) is 11.6 Å². The Morgan fingerprint density at radius 1 is 1.24 bits per heavy atom. The normalized spacial score (nSPS) is 10.3. The highest BCUT2D eigenvalue weighted by atomic mass is 35.5. The molecule has 1 N–H and O–H groups in total. The molecule has 6 heteroatoms. The zero-order valence-electron chi connectivity index (χ0n) is 12.4. The number of hydrogen-bond acceptors (Lipinski definition) is 5. The minimum Gasteiger partial charge on any atom is -0.377 e. The maximum atomic E-state index is 11.2. The summed E-state index contributed by atoms with van der Waals surface area (Å²) in [6.07, 6.45) is 0.658. The average Bonchev–Trinajstić information content (AvgIpc) is 2.40. The third kappa shape index (κ3) is 3.31. The first kappa shape index (κ1) is 15.3. The van der Waals surface area contributed by atoms with Gasteiger partial charge in [0.15, 0.2) is 6.29 Å². The third-order valence-electron chi connectivity index (χ3n) is 3.08. The van der Waals surface area contributed by atoms with Crippen LogP contribution in [0.4, 0.5) is 17.2 Å². The van der Waals surface area contributed by atoms with E-state index in [0.29, 0.717) is 17.9 Å². The van der Waals surface area contributed by atoms with E-state index < -0.39 is 0 Å². The molecule has 0 radical (unpaired) electrons. The zero-order chi connectivity index (χ0) is 15.6. The Morgan fingerprint density at radius 2 is 1.95 bits per heavy atom. The van der Waals surface area contributed by atoms with Gasteiger partial charge in [0.05, 0.1) is 5.56 Å². The highest BCUT2D eigenvalue weighted by molar-refractivity contribution is 6.32. The molecule has 110 valence electrons. The Morgan fingerprint density at radius 3 is 2.57 bits per heavy atom. The Balaban J connectivity index is 2.43. The largest absolute Gasteiger partial charge is 0.377 e. The Hall–Kier alpha value is -2.14. The Kier molecular flexibility index (Phi) is 4.43. The monoisotopic (exact) mass is 304 g/mol. The summed E-state index contributed by atoms with van der Waals surface area (Å²) in [5.41, 5.74) is 3.35. The fourth-order valence-electron chi connectivity index (χ4n) is 2.05. The van der Waals surface area contributed by atoms with E-state index in [-0.39, 0.29) is 10.7 Å². The molecule has 0 saturated heterocycles. The number of carbonyl (C=O) groups excluding carboxylic acids is 1. The smallest absolute Gasteiger partial charge is 0.156 e. The van der Waals surface area contributed by atoms with Crippen LogP contribution < -0.4 is 10.2 Å². The molecular formula is C15H17ClN4O. The fraction of sp³-hybridized carbons (Fsp3) is 0.267. The molecule has 2 rings (SSSR count). The quantitative estimate of drug-likeness (QED) is 0.693. The highest BCUT2D eigenvalue weighted by Crippen LogP contribution is 2.27. The molecule has 2 aromatic rings. The first-order chi connectivity index (χ1) is 9.92. The van der Waals surface area contributed by atoms with Gasteiger partial charge in [-0.15, -0.1) is 0 Å². The van der Waals surface area contributed by atoms with E-state index in [9.17, 15) is 4.79 Å². The van der Waals surface area contributed by atoms with Gasteiger partial charge >= 0.3 is 0 Å². The van der Waals surface area contributed by atoms with Crippen molar-refractivity contribution < 1.29 is 4.79 Å². The summed E-state index contributed by atoms with van der Waals surface area (Å²) < 4.78 is 0. The van der Waals surface area contributed by atoms with Crippen LogP contribution in [0.3, 0.4) is 0 Å². The van der Waals surface area contributed by atoms with Crippen molar-refractivity contribution in [1.82, 2.24) is 9.97 Å². The van der Waals surface area contributed by atoms with Crippen LogP contribution >= 0.6 is 11.6 Å². The average molecular weight is 305 g/mol. The second-order valence-electron chi connectivity index (χ2n) is 4.96. The van der Waals surface area contributed by atoms with Crippen molar-refractivity contribution >= 4 is 35.1 Å². The van der Waals surface area contributed by atoms with Gasteiger partial charge < -0.3 is 10.2 Å². The van der Waals surface area contributed by atoms with Crippen LogP contribution in [0.5, 0.6) is 0 Å². The van der Waals surface area contributed by atoms with Crippen LogP contribution in [0.25, 0.3) is 0 Å². The Bertz CT molecular complexity index is 686. The second-order valence-corrected chi connectivity index (χ2v) is 5.32. The van der Waals surface area contributed by atoms with Gasteiger partial charge in [0.1, 0.15) is 16.8 Å². The summed E-state index contributed by atoms with van der Waals surface area (Å²) in [5, 5.41) is 3.29. The number of anilines is 3. The van der Waals surface area contributed by atoms with E-state index in [1.807, 2.05) is 44.1 Å². The fourth-order valence-corrected chi connectivity index (χ4v) is 2.31. The van der Waals surface area contributed by atoms with E-state index in [1.54, 1.807) is 6.92 Å². The lowest BCUT2D eigenvalue weighted by Gasteiger charge is -2.17. The number of aryl methyl sites for hydroxylation is 2. The lowest BCUT2D eigenvalue weighted by molar-refractivity contribution is 0.112. The third-order valence-corrected chi connectivity index (χ3v) is 3.37. The molecule has 0 fully saturated rings. The van der Waals surface area contributed by atoms with Gasteiger partial charge in [0.25, 0.3) is 0 Å². The molecule has 0 atom stereocenters. The lowest BCUT2D eigenvalue weighted by Crippen LogP contribution is -2.11. The first-order valence-corrected chi connectivity index (χ1v) is 6.84. The van der Waals surface area contributed by atoms with Crippen LogP contribution in [-0.2, 0) is 0 Å². The summed E-state index contributed by atoms with van der Waals surface area (Å²) >= 11 is 5.98. The summed E-state index contributed by atoms with van der Waals surface area (Å²) in [4.78, 5) is 21.4. The molecule has 0 unspecified atom stereocenters. The Labute approximate surface area is 129 Å². The van der Waals surface area contributed by atoms with Crippen LogP contribution in [0.15, 0.2) is 18.2 Å². The number of rotatable bonds is 4. The van der Waals surface area contributed by atoms with Gasteiger partial charge in [-0.3, -0.25) is 4.79 Å². The van der Waals surface area contributed by atoms with Crippen molar-refractivity contribution in [3.05, 3.63) is 40.3 Å². The predicted octanol–water partition coefficient (Wildman–Crippen LogP) is 3.37. The molecular weight excluding hydrogens is 288 g/mol. The van der Waals surface area contributed by atoms with Gasteiger partial charge in [-0.25, -0.2) is 9.97 Å². The second kappa shape index (κ2) is 6.10. The number of halogens is 1. The maximum Gasteiger partial charge on any atom is 0.156 e. The number of nitrogens with one attached hydrogen (secondary N) is 1. The highest BCUT2D eigenvalue weighted by Gasteiger charge is 2.12. The van der Waals surface area contributed by atoms with E-state index in [1.165, 1.54) is 0 Å². The molecule has 0 aliphatic carbocycles. The topological polar surface area (TPSA) is 58.1 Å². The van der Waals surface area contributed by atoms with Gasteiger partial charge in [-0.1, -0.05) is 17.7 Å². The molecule has 5 nitrogen and oxygen atoms in total. The zero-order valence-corrected chi connectivity index (χ0v) is 13.2. The number of nitrogens with zero attached hydrogens (tertiary/aromatic N) is 3. The molecule has 0 aliphatic heterocycles. The molecule has 1 aromatic carbocycles. The van der Waals surface area contributed by atoms with Crippen LogP contribution in [0.2, 0.25) is 5.15 Å². The van der Waals surface area contributed by atoms with Crippen molar-refractivity contribution in [3.8, 4) is 0 Å². The van der Waals surface area contributed by atoms with Crippen molar-refractivity contribution in [1.29, 1.82) is 0 Å². The summed E-state index contributed by atoms with van der Waals surface area (Å²) in [6.45, 7) is 3.77. The standard InChI is InChI=1S/C15H17ClN4O/c1-9-5-6-11(7-13(9)20(3)4)19-15-12(8-21)14(16)17-10(2)18-15/h5-8H,1-4H3,(H,17,18,19). The SMILES string of the molecule is Cc1nc(Cl)c(C=O)c(Nc2ccc(C)c(N(C)C)c2)n1. The molecule has 0 amide bonds. The van der Waals surface area contributed by atoms with E-state index >= 15 is 0 Å². The van der Waals surface area contributed by atoms with E-state index in [0.717, 1.165) is 16.9 Å². The van der Waals surface area contributed by atoms with Crippen molar-refractivity contribution in [3.63, 3.8) is 0 Å². The molecule has 0 spiro atoms. The number of hydrogen-bond donors (Lipinski definition) is 1. The van der Waals surface area contributed by atoms with Crippen molar-refractivity contribution in [2.75, 3.05) is 24.3 Å². The maximum absolute atomic E-state index is 11.2. The summed E-state index contributed by atoms with van der Waals surface area (Å²) in [5.74, 6) is 0.920. The minimum atomic E-state index is 0.153. The molecule has 1 heterocycles. The van der Waals surface area contributed by atoms with Gasteiger partial charge in [0, 0.05) is 25.5 Å². The molecule has 21 heavy (non-hydrogen) atoms. The number of benzene rings is 1. The molecule has 0 aliphatic rings. The lowest BCUT2D eigenvalue weighted by atomic mass is 10.1. The first-order valence-electron chi connectivity index (χ1n) is 6.46. The van der Waals surface area contributed by atoms with Gasteiger partial charge in [0.2, 0.25) is 0 Å². The number of aldehydes is 1. The number of aromatic nitrogens is 2. The van der Waals surface area contributed by atoms with E-state index in [2.05, 4.69) is 15.3 Å². The number of carbonyl (C=O) groups is 1. The van der Waals surface area contributed by atoms with Gasteiger partial charge in [-0.2, -0.15) is 0 Å². The summed E-state index contributed by atoms with van der Waals surface area (Å²) in [7, 11) is 3.96. The van der Waals surface area contributed by atoms with Crippen LogP contribution in [-0.4, -0.2) is 30.3 Å².